The molecule has 0 spiro atoms. The molecule has 0 radical (unpaired) electrons. The van der Waals surface area contributed by atoms with E-state index in [4.69, 9.17) is 9.26 Å². The molecule has 0 aliphatic rings. The molecule has 184 valence electrons. The molecule has 0 saturated carbocycles. The fourth-order valence-corrected chi connectivity index (χ4v) is 3.60. The molecule has 35 heavy (non-hydrogen) atoms. The van der Waals surface area contributed by atoms with Crippen molar-refractivity contribution in [1.82, 2.24) is 24.9 Å². The van der Waals surface area contributed by atoms with Gasteiger partial charge in [-0.15, -0.1) is 5.10 Å². The summed E-state index contributed by atoms with van der Waals surface area (Å²) in [6, 6.07) is 14.4. The number of hydrogen-bond acceptors (Lipinski definition) is 7. The molecule has 0 fully saturated rings. The lowest BCUT2D eigenvalue weighted by Crippen LogP contribution is -2.18. The van der Waals surface area contributed by atoms with Gasteiger partial charge in [-0.05, 0) is 61.6 Å². The van der Waals surface area contributed by atoms with Crippen molar-refractivity contribution in [3.63, 3.8) is 0 Å². The first kappa shape index (κ1) is 24.5. The van der Waals surface area contributed by atoms with Crippen LogP contribution in [0.15, 0.2) is 53.1 Å². The Bertz CT molecular complexity index is 1250. The van der Waals surface area contributed by atoms with Crippen LogP contribution in [0.3, 0.4) is 0 Å². The van der Waals surface area contributed by atoms with E-state index in [2.05, 4.69) is 49.2 Å². The van der Waals surface area contributed by atoms with Crippen LogP contribution in [0, 0.1) is 6.92 Å². The lowest BCUT2D eigenvalue weighted by Gasteiger charge is -2.12. The van der Waals surface area contributed by atoms with Gasteiger partial charge >= 0.3 is 6.11 Å². The highest BCUT2D eigenvalue weighted by molar-refractivity contribution is 5.57. The molecule has 0 aliphatic heterocycles. The predicted octanol–water partition coefficient (Wildman–Crippen LogP) is 5.31. The van der Waals surface area contributed by atoms with E-state index in [1.54, 1.807) is 23.9 Å². The molecule has 2 aromatic heterocycles. The SMILES string of the molecule is COCCCCc1cccc(Cn2nc(-c3nc(-c4ccc(OC(C)(F)F)cc4)no3)nc2C)c1. The number of rotatable bonds is 11. The van der Waals surface area contributed by atoms with Crippen LogP contribution in [0.1, 0.15) is 36.7 Å². The van der Waals surface area contributed by atoms with Crippen LogP contribution in [0.25, 0.3) is 23.1 Å². The zero-order chi connectivity index (χ0) is 24.8. The monoisotopic (exact) mass is 483 g/mol. The lowest BCUT2D eigenvalue weighted by molar-refractivity contribution is -0.158. The fourth-order valence-electron chi connectivity index (χ4n) is 3.60. The second-order valence-corrected chi connectivity index (χ2v) is 8.27. The summed E-state index contributed by atoms with van der Waals surface area (Å²) in [6.07, 6.45) is -0.152. The minimum absolute atomic E-state index is 0.0417. The van der Waals surface area contributed by atoms with Crippen LogP contribution in [-0.4, -0.2) is 44.7 Å². The van der Waals surface area contributed by atoms with Crippen molar-refractivity contribution in [3.8, 4) is 28.9 Å². The second kappa shape index (κ2) is 10.7. The molecule has 0 unspecified atom stereocenters. The van der Waals surface area contributed by atoms with Gasteiger partial charge < -0.3 is 14.0 Å². The number of aryl methyl sites for hydroxylation is 2. The summed E-state index contributed by atoms with van der Waals surface area (Å²) >= 11 is 0. The van der Waals surface area contributed by atoms with Gasteiger partial charge in [-0.3, -0.25) is 0 Å². The molecule has 2 heterocycles. The number of nitrogens with zero attached hydrogens (tertiary/aromatic N) is 5. The van der Waals surface area contributed by atoms with Crippen molar-refractivity contribution in [3.05, 3.63) is 65.5 Å². The number of unbranched alkanes of at least 4 members (excludes halogenated alkanes) is 1. The van der Waals surface area contributed by atoms with Crippen LogP contribution in [0.5, 0.6) is 5.75 Å². The molecule has 0 atom stereocenters. The summed E-state index contributed by atoms with van der Waals surface area (Å²) < 4.78 is 42.8. The summed E-state index contributed by atoms with van der Waals surface area (Å²) in [4.78, 5) is 8.83. The number of methoxy groups -OCH3 is 1. The maximum Gasteiger partial charge on any atom is 0.394 e. The molecule has 0 amide bonds. The van der Waals surface area contributed by atoms with Gasteiger partial charge in [0.05, 0.1) is 6.54 Å². The Kier molecular flexibility index (Phi) is 7.50. The largest absolute Gasteiger partial charge is 0.433 e. The molecule has 0 N–H and O–H groups in total. The number of aromatic nitrogens is 5. The molecule has 4 rings (SSSR count). The third kappa shape index (κ3) is 6.69. The van der Waals surface area contributed by atoms with Crippen LogP contribution < -0.4 is 4.74 Å². The van der Waals surface area contributed by atoms with Crippen molar-refractivity contribution in [2.75, 3.05) is 13.7 Å². The second-order valence-electron chi connectivity index (χ2n) is 8.27. The summed E-state index contributed by atoms with van der Waals surface area (Å²) in [5.41, 5.74) is 2.99. The average Bonchev–Trinajstić information content (AvgIpc) is 3.44. The summed E-state index contributed by atoms with van der Waals surface area (Å²) in [7, 11) is 1.72. The Morgan fingerprint density at radius 3 is 2.51 bits per heavy atom. The highest BCUT2D eigenvalue weighted by Gasteiger charge is 2.23. The summed E-state index contributed by atoms with van der Waals surface area (Å²) in [5.74, 6) is 1.55. The molecule has 0 bridgehead atoms. The number of benzene rings is 2. The Balaban J connectivity index is 1.44. The normalized spacial score (nSPS) is 11.7. The van der Waals surface area contributed by atoms with E-state index < -0.39 is 6.11 Å². The van der Waals surface area contributed by atoms with Crippen LogP contribution >= 0.6 is 0 Å². The number of halogens is 2. The summed E-state index contributed by atoms with van der Waals surface area (Å²) in [5, 5.41) is 8.51. The molecular formula is C25H27F2N5O3. The van der Waals surface area contributed by atoms with Gasteiger partial charge in [0.2, 0.25) is 11.6 Å². The van der Waals surface area contributed by atoms with Gasteiger partial charge in [0.15, 0.2) is 0 Å². The minimum Gasteiger partial charge on any atom is -0.433 e. The van der Waals surface area contributed by atoms with E-state index in [0.29, 0.717) is 36.5 Å². The molecule has 2 aromatic carbocycles. The first-order valence-electron chi connectivity index (χ1n) is 11.3. The first-order valence-corrected chi connectivity index (χ1v) is 11.3. The Morgan fingerprint density at radius 1 is 1.00 bits per heavy atom. The van der Waals surface area contributed by atoms with Gasteiger partial charge in [-0.1, -0.05) is 29.4 Å². The van der Waals surface area contributed by atoms with E-state index in [0.717, 1.165) is 31.4 Å². The molecule has 0 saturated heterocycles. The Labute approximate surface area is 201 Å². The Hall–Kier alpha value is -3.66. The van der Waals surface area contributed by atoms with Gasteiger partial charge in [0.1, 0.15) is 11.6 Å². The maximum atomic E-state index is 13.0. The molecule has 10 heteroatoms. The smallest absolute Gasteiger partial charge is 0.394 e. The first-order chi connectivity index (χ1) is 16.8. The number of hydrogen-bond donors (Lipinski definition) is 0. The predicted molar refractivity (Wildman–Crippen MR) is 125 cm³/mol. The van der Waals surface area contributed by atoms with Crippen molar-refractivity contribution >= 4 is 0 Å². The van der Waals surface area contributed by atoms with Gasteiger partial charge in [0.25, 0.3) is 5.89 Å². The molecule has 8 nitrogen and oxygen atoms in total. The van der Waals surface area contributed by atoms with Crippen molar-refractivity contribution < 1.29 is 22.8 Å². The zero-order valence-electron chi connectivity index (χ0n) is 19.9. The van der Waals surface area contributed by atoms with E-state index in [1.165, 1.54) is 17.7 Å². The van der Waals surface area contributed by atoms with Gasteiger partial charge in [-0.2, -0.15) is 13.8 Å². The zero-order valence-corrected chi connectivity index (χ0v) is 19.9. The highest BCUT2D eigenvalue weighted by atomic mass is 19.3. The molecular weight excluding hydrogens is 456 g/mol. The molecule has 0 aliphatic carbocycles. The molecule has 4 aromatic rings. The average molecular weight is 484 g/mol. The Morgan fingerprint density at radius 2 is 1.77 bits per heavy atom. The maximum absolute atomic E-state index is 13.0. The third-order valence-electron chi connectivity index (χ3n) is 5.27. The number of ether oxygens (including phenoxy) is 2. The van der Waals surface area contributed by atoms with Crippen LogP contribution in [-0.2, 0) is 17.7 Å². The van der Waals surface area contributed by atoms with Crippen molar-refractivity contribution in [2.24, 2.45) is 0 Å². The van der Waals surface area contributed by atoms with Crippen molar-refractivity contribution in [2.45, 2.75) is 45.8 Å². The topological polar surface area (TPSA) is 88.1 Å². The van der Waals surface area contributed by atoms with E-state index >= 15 is 0 Å². The highest BCUT2D eigenvalue weighted by Crippen LogP contribution is 2.25. The fraction of sp³-hybridized carbons (Fsp3) is 0.360. The van der Waals surface area contributed by atoms with E-state index in [-0.39, 0.29) is 11.6 Å². The van der Waals surface area contributed by atoms with Gasteiger partial charge in [-0.25, -0.2) is 9.67 Å². The van der Waals surface area contributed by atoms with Crippen LogP contribution in [0.4, 0.5) is 8.78 Å². The lowest BCUT2D eigenvalue weighted by atomic mass is 10.1. The standard InChI is InChI=1S/C25H27F2N5O3/c1-17-28-23(30-32(17)16-19-9-6-8-18(15-19)7-4-5-14-33-3)24-29-22(31-35-24)20-10-12-21(13-11-20)34-25(2,26)27/h6,8-13,15H,4-5,7,14,16H2,1-3H3. The minimum atomic E-state index is -3.26. The summed E-state index contributed by atoms with van der Waals surface area (Å²) in [6.45, 7) is 3.89. The number of alkyl halides is 2. The third-order valence-corrected chi connectivity index (χ3v) is 5.27. The van der Waals surface area contributed by atoms with Gasteiger partial charge in [0, 0.05) is 26.2 Å². The van der Waals surface area contributed by atoms with E-state index in [9.17, 15) is 8.78 Å². The quantitative estimate of drug-likeness (QED) is 0.267. The van der Waals surface area contributed by atoms with Crippen molar-refractivity contribution in [1.29, 1.82) is 0 Å². The van der Waals surface area contributed by atoms with E-state index in [1.807, 2.05) is 6.92 Å². The van der Waals surface area contributed by atoms with Crippen LogP contribution in [0.2, 0.25) is 0 Å².